The molecule has 1 atom stereocenters. The predicted molar refractivity (Wildman–Crippen MR) is 108 cm³/mol. The van der Waals surface area contributed by atoms with Crippen LogP contribution < -0.4 is 0 Å². The Morgan fingerprint density at radius 1 is 0.391 bits per heavy atom. The Morgan fingerprint density at radius 3 is 0.957 bits per heavy atom. The Hall–Kier alpha value is 0. The summed E-state index contributed by atoms with van der Waals surface area (Å²) in [6.07, 6.45) is 27.8. The molecule has 0 fully saturated rings. The lowest BCUT2D eigenvalue weighted by Gasteiger charge is -2.11. The molecule has 0 aliphatic rings. The smallest absolute Gasteiger partial charge is 0.0443 e. The van der Waals surface area contributed by atoms with Crippen LogP contribution in [0.15, 0.2) is 0 Å². The number of hydrogen-bond donors (Lipinski definition) is 0. The van der Waals surface area contributed by atoms with Crippen LogP contribution in [-0.4, -0.2) is 0 Å². The quantitative estimate of drug-likeness (QED) is 0.208. The molecular weight excluding hydrogens is 276 g/mol. The van der Waals surface area contributed by atoms with Gasteiger partial charge in [-0.1, -0.05) is 143 Å². The summed E-state index contributed by atoms with van der Waals surface area (Å²) in [4.78, 5) is 0. The minimum Gasteiger partial charge on any atom is -0.0654 e. The highest BCUT2D eigenvalue weighted by Gasteiger charge is 2.02. The Kier molecular flexibility index (Phi) is 20.0. The maximum Gasteiger partial charge on any atom is -0.0443 e. The SMILES string of the molecule is CCCCCCCCCCCCC(C)CCCCCCCCC. The monoisotopic (exact) mass is 324 g/mol. The van der Waals surface area contributed by atoms with E-state index in [4.69, 9.17) is 0 Å². The van der Waals surface area contributed by atoms with Crippen LogP contribution >= 0.6 is 0 Å². The third kappa shape index (κ3) is 20.0. The van der Waals surface area contributed by atoms with Crippen molar-refractivity contribution in [3.05, 3.63) is 0 Å². The first-order valence-electron chi connectivity index (χ1n) is 11.3. The molecule has 0 saturated heterocycles. The van der Waals surface area contributed by atoms with Crippen molar-refractivity contribution < 1.29 is 0 Å². The van der Waals surface area contributed by atoms with Crippen molar-refractivity contribution >= 4 is 0 Å². The van der Waals surface area contributed by atoms with Gasteiger partial charge in [-0.2, -0.15) is 0 Å². The Morgan fingerprint density at radius 2 is 0.652 bits per heavy atom. The molecule has 1 unspecified atom stereocenters. The van der Waals surface area contributed by atoms with Gasteiger partial charge in [-0.05, 0) is 5.92 Å². The van der Waals surface area contributed by atoms with E-state index in [1.165, 1.54) is 122 Å². The molecular formula is C23H48. The highest BCUT2D eigenvalue weighted by molar-refractivity contribution is 4.56. The van der Waals surface area contributed by atoms with Gasteiger partial charge in [0.15, 0.2) is 0 Å². The van der Waals surface area contributed by atoms with Gasteiger partial charge in [0.05, 0.1) is 0 Å². The summed E-state index contributed by atoms with van der Waals surface area (Å²) in [7, 11) is 0. The van der Waals surface area contributed by atoms with E-state index in [-0.39, 0.29) is 0 Å². The fraction of sp³-hybridized carbons (Fsp3) is 1.00. The van der Waals surface area contributed by atoms with Crippen molar-refractivity contribution in [1.29, 1.82) is 0 Å². The van der Waals surface area contributed by atoms with Crippen LogP contribution in [-0.2, 0) is 0 Å². The molecule has 0 bridgehead atoms. The number of rotatable bonds is 19. The lowest BCUT2D eigenvalue weighted by atomic mass is 9.96. The van der Waals surface area contributed by atoms with Gasteiger partial charge >= 0.3 is 0 Å². The summed E-state index contributed by atoms with van der Waals surface area (Å²) in [5.41, 5.74) is 0. The minimum absolute atomic E-state index is 0.972. The summed E-state index contributed by atoms with van der Waals surface area (Å²) in [5.74, 6) is 0.972. The van der Waals surface area contributed by atoms with Crippen LogP contribution in [0.2, 0.25) is 0 Å². The molecule has 0 nitrogen and oxygen atoms in total. The molecule has 0 aliphatic carbocycles. The Bertz CT molecular complexity index is 196. The Labute approximate surface area is 149 Å². The summed E-state index contributed by atoms with van der Waals surface area (Å²) in [6, 6.07) is 0. The second-order valence-electron chi connectivity index (χ2n) is 7.99. The van der Waals surface area contributed by atoms with E-state index in [1.54, 1.807) is 0 Å². The van der Waals surface area contributed by atoms with Crippen molar-refractivity contribution in [2.24, 2.45) is 5.92 Å². The van der Waals surface area contributed by atoms with Crippen molar-refractivity contribution in [3.63, 3.8) is 0 Å². The lowest BCUT2D eigenvalue weighted by Crippen LogP contribution is -1.95. The van der Waals surface area contributed by atoms with Gasteiger partial charge < -0.3 is 0 Å². The third-order valence-corrected chi connectivity index (χ3v) is 5.35. The fourth-order valence-electron chi connectivity index (χ4n) is 3.57. The van der Waals surface area contributed by atoms with Gasteiger partial charge in [0.1, 0.15) is 0 Å². The average Bonchev–Trinajstić information content (AvgIpc) is 2.55. The van der Waals surface area contributed by atoms with Crippen LogP contribution in [0.3, 0.4) is 0 Å². The van der Waals surface area contributed by atoms with Gasteiger partial charge in [-0.25, -0.2) is 0 Å². The lowest BCUT2D eigenvalue weighted by molar-refractivity contribution is 0.430. The molecule has 0 amide bonds. The van der Waals surface area contributed by atoms with Gasteiger partial charge in [0.2, 0.25) is 0 Å². The molecule has 0 rings (SSSR count). The second kappa shape index (κ2) is 20.0. The standard InChI is InChI=1S/C23H48/c1-4-6-8-10-12-13-14-16-18-20-22-23(3)21-19-17-15-11-9-7-5-2/h23H,4-22H2,1-3H3. The van der Waals surface area contributed by atoms with Gasteiger partial charge in [0.25, 0.3) is 0 Å². The largest absolute Gasteiger partial charge is 0.0654 e. The number of hydrogen-bond acceptors (Lipinski definition) is 0. The maximum atomic E-state index is 2.48. The molecule has 0 radical (unpaired) electrons. The topological polar surface area (TPSA) is 0 Å². The molecule has 140 valence electrons. The van der Waals surface area contributed by atoms with Crippen molar-refractivity contribution in [2.45, 2.75) is 143 Å². The van der Waals surface area contributed by atoms with Crippen molar-refractivity contribution in [3.8, 4) is 0 Å². The maximum absolute atomic E-state index is 2.48. The Balaban J connectivity index is 3.11. The highest BCUT2D eigenvalue weighted by Crippen LogP contribution is 2.19. The average molecular weight is 325 g/mol. The van der Waals surface area contributed by atoms with Crippen molar-refractivity contribution in [2.75, 3.05) is 0 Å². The first kappa shape index (κ1) is 23.0. The molecule has 0 heteroatoms. The summed E-state index contributed by atoms with van der Waals surface area (Å²) in [5, 5.41) is 0. The first-order valence-corrected chi connectivity index (χ1v) is 11.3. The fourth-order valence-corrected chi connectivity index (χ4v) is 3.57. The molecule has 23 heavy (non-hydrogen) atoms. The zero-order chi connectivity index (χ0) is 17.0. The number of unbranched alkanes of at least 4 members (excludes halogenated alkanes) is 15. The van der Waals surface area contributed by atoms with Crippen LogP contribution in [0.4, 0.5) is 0 Å². The highest BCUT2D eigenvalue weighted by atomic mass is 14.1. The predicted octanol–water partition coefficient (Wildman–Crippen LogP) is 9.07. The molecule has 0 aromatic heterocycles. The first-order chi connectivity index (χ1) is 11.3. The van der Waals surface area contributed by atoms with Crippen molar-refractivity contribution in [1.82, 2.24) is 0 Å². The van der Waals surface area contributed by atoms with E-state index in [1.807, 2.05) is 0 Å². The zero-order valence-electron chi connectivity index (χ0n) is 17.0. The van der Waals surface area contributed by atoms with E-state index in [0.29, 0.717) is 0 Å². The molecule has 0 heterocycles. The molecule has 0 N–H and O–H groups in total. The minimum atomic E-state index is 0.972. The van der Waals surface area contributed by atoms with Crippen LogP contribution in [0.25, 0.3) is 0 Å². The molecule has 0 aliphatic heterocycles. The van der Waals surface area contributed by atoms with Gasteiger partial charge in [0, 0.05) is 0 Å². The van der Waals surface area contributed by atoms with E-state index in [0.717, 1.165) is 5.92 Å². The molecule has 0 aromatic carbocycles. The summed E-state index contributed by atoms with van der Waals surface area (Å²) in [6.45, 7) is 7.08. The van der Waals surface area contributed by atoms with Gasteiger partial charge in [-0.15, -0.1) is 0 Å². The van der Waals surface area contributed by atoms with E-state index < -0.39 is 0 Å². The van der Waals surface area contributed by atoms with Gasteiger partial charge in [-0.3, -0.25) is 0 Å². The van der Waals surface area contributed by atoms with E-state index in [2.05, 4.69) is 20.8 Å². The van der Waals surface area contributed by atoms with Crippen LogP contribution in [0.5, 0.6) is 0 Å². The molecule has 0 spiro atoms. The summed E-state index contributed by atoms with van der Waals surface area (Å²) < 4.78 is 0. The summed E-state index contributed by atoms with van der Waals surface area (Å²) >= 11 is 0. The second-order valence-corrected chi connectivity index (χ2v) is 7.99. The van der Waals surface area contributed by atoms with E-state index in [9.17, 15) is 0 Å². The van der Waals surface area contributed by atoms with E-state index >= 15 is 0 Å². The zero-order valence-corrected chi connectivity index (χ0v) is 17.0. The normalized spacial score (nSPS) is 12.7. The van der Waals surface area contributed by atoms with Crippen LogP contribution in [0, 0.1) is 5.92 Å². The molecule has 0 aromatic rings. The molecule has 0 saturated carbocycles. The third-order valence-electron chi connectivity index (χ3n) is 5.35. The van der Waals surface area contributed by atoms with Crippen LogP contribution in [0.1, 0.15) is 143 Å².